The molecule has 30 heavy (non-hydrogen) atoms. The number of para-hydroxylation sites is 1. The molecule has 0 aliphatic carbocycles. The van der Waals surface area contributed by atoms with Gasteiger partial charge in [0.25, 0.3) is 0 Å². The molecule has 6 heteroatoms. The van der Waals surface area contributed by atoms with E-state index in [4.69, 9.17) is 37.4 Å². The Hall–Kier alpha value is -2.95. The minimum Gasteiger partial charge on any atom is -0.496 e. The van der Waals surface area contributed by atoms with Gasteiger partial charge in [-0.15, -0.1) is 0 Å². The Morgan fingerprint density at radius 2 is 1.83 bits per heavy atom. The van der Waals surface area contributed by atoms with Gasteiger partial charge >= 0.3 is 0 Å². The number of carbonyl (C=O) groups is 1. The van der Waals surface area contributed by atoms with Crippen LogP contribution in [0, 0.1) is 6.92 Å². The largest absolute Gasteiger partial charge is 0.496 e. The first-order chi connectivity index (χ1) is 14.5. The van der Waals surface area contributed by atoms with E-state index < -0.39 is 0 Å². The first kappa shape index (κ1) is 20.3. The van der Waals surface area contributed by atoms with Crippen LogP contribution in [0.25, 0.3) is 6.08 Å². The molecule has 4 rings (SSSR count). The van der Waals surface area contributed by atoms with Crippen molar-refractivity contribution in [3.63, 3.8) is 0 Å². The molecule has 0 fully saturated rings. The Kier molecular flexibility index (Phi) is 5.71. The van der Waals surface area contributed by atoms with Gasteiger partial charge in [0.2, 0.25) is 5.78 Å². The number of hydrogen-bond acceptors (Lipinski definition) is 4. The zero-order chi connectivity index (χ0) is 21.3. The number of benzene rings is 3. The van der Waals surface area contributed by atoms with Gasteiger partial charge in [0.05, 0.1) is 12.7 Å². The second kappa shape index (κ2) is 8.42. The Morgan fingerprint density at radius 1 is 1.03 bits per heavy atom. The molecular formula is C24H18Cl2O4. The lowest BCUT2D eigenvalue weighted by Gasteiger charge is -2.13. The van der Waals surface area contributed by atoms with Crippen molar-refractivity contribution >= 4 is 35.1 Å². The average molecular weight is 441 g/mol. The summed E-state index contributed by atoms with van der Waals surface area (Å²) in [6, 6.07) is 16.2. The van der Waals surface area contributed by atoms with E-state index in [1.54, 1.807) is 43.5 Å². The number of allylic oxidation sites excluding steroid dienone is 1. The van der Waals surface area contributed by atoms with Crippen molar-refractivity contribution in [3.05, 3.63) is 92.7 Å². The van der Waals surface area contributed by atoms with Gasteiger partial charge in [0, 0.05) is 21.2 Å². The number of fused-ring (bicyclic) bond motifs is 1. The highest BCUT2D eigenvalue weighted by molar-refractivity contribution is 6.35. The third-order valence-corrected chi connectivity index (χ3v) is 5.42. The highest BCUT2D eigenvalue weighted by atomic mass is 35.5. The number of halogens is 2. The zero-order valence-electron chi connectivity index (χ0n) is 16.4. The molecule has 0 radical (unpaired) electrons. The first-order valence-electron chi connectivity index (χ1n) is 9.25. The number of rotatable bonds is 5. The summed E-state index contributed by atoms with van der Waals surface area (Å²) in [6.45, 7) is 2.20. The second-order valence-corrected chi connectivity index (χ2v) is 7.62. The molecule has 0 N–H and O–H groups in total. The predicted molar refractivity (Wildman–Crippen MR) is 118 cm³/mol. The van der Waals surface area contributed by atoms with Crippen LogP contribution in [0.4, 0.5) is 0 Å². The maximum Gasteiger partial charge on any atom is 0.231 e. The molecule has 0 amide bonds. The van der Waals surface area contributed by atoms with Gasteiger partial charge in [-0.2, -0.15) is 0 Å². The highest BCUT2D eigenvalue weighted by Gasteiger charge is 2.30. The van der Waals surface area contributed by atoms with Crippen LogP contribution in [-0.4, -0.2) is 12.9 Å². The Balaban J connectivity index is 1.59. The Morgan fingerprint density at radius 3 is 2.60 bits per heavy atom. The van der Waals surface area contributed by atoms with Crippen molar-refractivity contribution in [1.82, 2.24) is 0 Å². The van der Waals surface area contributed by atoms with E-state index in [0.717, 1.165) is 16.9 Å². The number of ether oxygens (including phenoxy) is 3. The minimum atomic E-state index is -0.199. The average Bonchev–Trinajstić information content (AvgIpc) is 3.06. The molecule has 152 valence electrons. The molecule has 1 heterocycles. The summed E-state index contributed by atoms with van der Waals surface area (Å²) in [4.78, 5) is 12.8. The normalized spacial score (nSPS) is 13.9. The number of Topliss-reactive ketones (excluding diaryl/α,β-unsaturated/α-hetero) is 1. The van der Waals surface area contributed by atoms with E-state index >= 15 is 0 Å². The third kappa shape index (κ3) is 3.89. The summed E-state index contributed by atoms with van der Waals surface area (Å²) in [5.74, 6) is 1.90. The lowest BCUT2D eigenvalue weighted by Crippen LogP contribution is -2.00. The van der Waals surface area contributed by atoms with Crippen LogP contribution in [-0.2, 0) is 6.61 Å². The predicted octanol–water partition coefficient (Wildman–Crippen LogP) is 6.51. The maximum atomic E-state index is 12.8. The fourth-order valence-electron chi connectivity index (χ4n) is 3.26. The van der Waals surface area contributed by atoms with Gasteiger partial charge in [-0.3, -0.25) is 4.79 Å². The van der Waals surface area contributed by atoms with Gasteiger partial charge < -0.3 is 14.2 Å². The SMILES string of the molecule is COc1ccccc1COc1ccc2c(c1C)O/C(=C\c1ccc(Cl)cc1Cl)C2=O. The fraction of sp³-hybridized carbons (Fsp3) is 0.125. The number of hydrogen-bond donors (Lipinski definition) is 0. The standard InChI is InChI=1S/C24H18Cl2O4/c1-14-20(29-13-16-5-3-4-6-21(16)28-2)10-9-18-23(27)22(30-24(14)18)11-15-7-8-17(25)12-19(15)26/h3-12H,13H2,1-2H3/b22-11-. The van der Waals surface area contributed by atoms with Crippen LogP contribution in [0.2, 0.25) is 10.0 Å². The molecule has 0 unspecified atom stereocenters. The second-order valence-electron chi connectivity index (χ2n) is 6.77. The van der Waals surface area contributed by atoms with Crippen LogP contribution in [0.3, 0.4) is 0 Å². The fourth-order valence-corrected chi connectivity index (χ4v) is 3.72. The summed E-state index contributed by atoms with van der Waals surface area (Å²) < 4.78 is 17.2. The van der Waals surface area contributed by atoms with Crippen LogP contribution < -0.4 is 14.2 Å². The third-order valence-electron chi connectivity index (χ3n) is 4.86. The molecule has 1 aliphatic rings. The Labute approximate surface area is 184 Å². The monoisotopic (exact) mass is 440 g/mol. The van der Waals surface area contributed by atoms with Gasteiger partial charge in [0.15, 0.2) is 5.76 Å². The van der Waals surface area contributed by atoms with E-state index in [-0.39, 0.29) is 11.5 Å². The van der Waals surface area contributed by atoms with Crippen LogP contribution >= 0.6 is 23.2 Å². The molecule has 0 atom stereocenters. The van der Waals surface area contributed by atoms with E-state index in [1.807, 2.05) is 31.2 Å². The van der Waals surface area contributed by atoms with Crippen molar-refractivity contribution in [2.45, 2.75) is 13.5 Å². The summed E-state index contributed by atoms with van der Waals surface area (Å²) in [5.41, 5.74) is 2.83. The number of methoxy groups -OCH3 is 1. The summed E-state index contributed by atoms with van der Waals surface area (Å²) >= 11 is 12.2. The van der Waals surface area contributed by atoms with Gasteiger partial charge in [-0.25, -0.2) is 0 Å². The van der Waals surface area contributed by atoms with Crippen molar-refractivity contribution in [3.8, 4) is 17.2 Å². The maximum absolute atomic E-state index is 12.8. The van der Waals surface area contributed by atoms with Crippen molar-refractivity contribution in [2.24, 2.45) is 0 Å². The molecule has 3 aromatic carbocycles. The van der Waals surface area contributed by atoms with Gasteiger partial charge in [0.1, 0.15) is 23.9 Å². The van der Waals surface area contributed by atoms with Crippen molar-refractivity contribution in [2.75, 3.05) is 7.11 Å². The molecule has 0 aromatic heterocycles. The summed E-state index contributed by atoms with van der Waals surface area (Å²) in [6.07, 6.45) is 1.62. The molecule has 0 bridgehead atoms. The van der Waals surface area contributed by atoms with Crippen LogP contribution in [0.5, 0.6) is 17.2 Å². The highest BCUT2D eigenvalue weighted by Crippen LogP contribution is 2.40. The smallest absolute Gasteiger partial charge is 0.231 e. The lowest BCUT2D eigenvalue weighted by atomic mass is 10.1. The van der Waals surface area contributed by atoms with E-state index in [2.05, 4.69) is 0 Å². The molecule has 1 aliphatic heterocycles. The van der Waals surface area contributed by atoms with E-state index in [1.165, 1.54) is 0 Å². The number of carbonyl (C=O) groups excluding carboxylic acids is 1. The minimum absolute atomic E-state index is 0.199. The molecule has 3 aromatic rings. The molecule has 0 saturated heterocycles. The zero-order valence-corrected chi connectivity index (χ0v) is 17.9. The molecule has 4 nitrogen and oxygen atoms in total. The summed E-state index contributed by atoms with van der Waals surface area (Å²) in [7, 11) is 1.62. The molecule has 0 spiro atoms. The quantitative estimate of drug-likeness (QED) is 0.424. The lowest BCUT2D eigenvalue weighted by molar-refractivity contribution is 0.101. The van der Waals surface area contributed by atoms with E-state index in [0.29, 0.717) is 39.3 Å². The first-order valence-corrected chi connectivity index (χ1v) is 10.0. The van der Waals surface area contributed by atoms with Crippen LogP contribution in [0.15, 0.2) is 60.4 Å². The molecule has 0 saturated carbocycles. The van der Waals surface area contributed by atoms with Gasteiger partial charge in [-0.1, -0.05) is 47.5 Å². The summed E-state index contributed by atoms with van der Waals surface area (Å²) in [5, 5.41) is 0.969. The van der Waals surface area contributed by atoms with Gasteiger partial charge in [-0.05, 0) is 48.9 Å². The topological polar surface area (TPSA) is 44.8 Å². The van der Waals surface area contributed by atoms with Crippen molar-refractivity contribution < 1.29 is 19.0 Å². The number of ketones is 1. The van der Waals surface area contributed by atoms with E-state index in [9.17, 15) is 4.79 Å². The van der Waals surface area contributed by atoms with Crippen LogP contribution in [0.1, 0.15) is 27.0 Å². The molecular weight excluding hydrogens is 423 g/mol. The Bertz CT molecular complexity index is 1170. The van der Waals surface area contributed by atoms with Crippen molar-refractivity contribution in [1.29, 1.82) is 0 Å².